The Kier molecular flexibility index (Phi) is 8.45. The molecule has 21 heavy (non-hydrogen) atoms. The summed E-state index contributed by atoms with van der Waals surface area (Å²) in [5.41, 5.74) is 2.50. The summed E-state index contributed by atoms with van der Waals surface area (Å²) < 4.78 is 7.27. The molecule has 1 radical (unpaired) electrons. The number of ether oxygens (including phenoxy) is 1. The summed E-state index contributed by atoms with van der Waals surface area (Å²) in [6.45, 7) is 9.06. The number of hydrogen-bond donors (Lipinski definition) is 0. The van der Waals surface area contributed by atoms with Crippen molar-refractivity contribution in [2.24, 2.45) is 0 Å². The second kappa shape index (κ2) is 9.27. The van der Waals surface area contributed by atoms with Crippen LogP contribution in [0.1, 0.15) is 43.2 Å². The van der Waals surface area contributed by atoms with E-state index in [0.29, 0.717) is 0 Å². The monoisotopic (exact) mass is 365 g/mol. The molecule has 0 unspecified atom stereocenters. The standard InChI is InChI=1S/C18H30NO.Y/c1-16-10-8-11-17(2)18(16)20-15-9-14-19(3)12-6-4-5-7-13-19;/h8,10-11H,4-7,9,12-15H2,1-3H3;/q+1;. The average molecular weight is 365 g/mol. The topological polar surface area (TPSA) is 9.23 Å². The molecule has 1 aliphatic heterocycles. The summed E-state index contributed by atoms with van der Waals surface area (Å²) in [6, 6.07) is 6.36. The summed E-state index contributed by atoms with van der Waals surface area (Å²) in [6.07, 6.45) is 6.80. The van der Waals surface area contributed by atoms with Gasteiger partial charge in [-0.2, -0.15) is 0 Å². The normalized spacial score (nSPS) is 17.7. The van der Waals surface area contributed by atoms with Crippen LogP contribution in [-0.4, -0.2) is 37.8 Å². The molecule has 0 aliphatic carbocycles. The first-order chi connectivity index (χ1) is 9.61. The van der Waals surface area contributed by atoms with E-state index in [1.807, 2.05) is 0 Å². The van der Waals surface area contributed by atoms with Gasteiger partial charge in [-0.15, -0.1) is 0 Å². The van der Waals surface area contributed by atoms with Gasteiger partial charge in [0.2, 0.25) is 0 Å². The van der Waals surface area contributed by atoms with Gasteiger partial charge in [0.15, 0.2) is 0 Å². The Hall–Kier alpha value is 0.0839. The van der Waals surface area contributed by atoms with Gasteiger partial charge >= 0.3 is 0 Å². The molecule has 1 aromatic carbocycles. The summed E-state index contributed by atoms with van der Waals surface area (Å²) >= 11 is 0. The van der Waals surface area contributed by atoms with Gasteiger partial charge in [-0.1, -0.05) is 18.2 Å². The summed E-state index contributed by atoms with van der Waals surface area (Å²) in [4.78, 5) is 0. The maximum atomic E-state index is 6.02. The molecule has 0 bridgehead atoms. The van der Waals surface area contributed by atoms with Gasteiger partial charge in [0, 0.05) is 39.1 Å². The Balaban J connectivity index is 0.00000220. The SMILES string of the molecule is Cc1cccc(C)c1OCCC[N+]1(C)CCCCCC1.[Y]. The minimum atomic E-state index is 0. The number of rotatable bonds is 5. The molecule has 0 aromatic heterocycles. The van der Waals surface area contributed by atoms with Crippen LogP contribution in [-0.2, 0) is 32.7 Å². The van der Waals surface area contributed by atoms with E-state index in [1.54, 1.807) is 0 Å². The smallest absolute Gasteiger partial charge is 0.125 e. The predicted octanol–water partition coefficient (Wildman–Crippen LogP) is 4.09. The van der Waals surface area contributed by atoms with E-state index in [1.165, 1.54) is 60.9 Å². The Morgan fingerprint density at radius 3 is 2.14 bits per heavy atom. The minimum absolute atomic E-state index is 0. The van der Waals surface area contributed by atoms with E-state index in [0.717, 1.165) is 18.8 Å². The molecule has 0 amide bonds. The molecule has 1 saturated heterocycles. The molecule has 0 N–H and O–H groups in total. The Labute approximate surface area is 155 Å². The van der Waals surface area contributed by atoms with Crippen molar-refractivity contribution >= 4 is 0 Å². The van der Waals surface area contributed by atoms with Crippen LogP contribution in [0.2, 0.25) is 0 Å². The predicted molar refractivity (Wildman–Crippen MR) is 85.3 cm³/mol. The molecule has 1 aromatic rings. The van der Waals surface area contributed by atoms with Crippen molar-refractivity contribution < 1.29 is 41.9 Å². The van der Waals surface area contributed by atoms with E-state index in [9.17, 15) is 0 Å². The Morgan fingerprint density at radius 2 is 1.57 bits per heavy atom. The van der Waals surface area contributed by atoms with Gasteiger partial charge in [0.25, 0.3) is 0 Å². The van der Waals surface area contributed by atoms with E-state index < -0.39 is 0 Å². The summed E-state index contributed by atoms with van der Waals surface area (Å²) in [5.74, 6) is 1.09. The fraction of sp³-hybridized carbons (Fsp3) is 0.667. The third-order valence-corrected chi connectivity index (χ3v) is 4.64. The van der Waals surface area contributed by atoms with Gasteiger partial charge < -0.3 is 9.22 Å². The molecule has 2 rings (SSSR count). The van der Waals surface area contributed by atoms with Crippen LogP contribution in [0.5, 0.6) is 5.75 Å². The second-order valence-corrected chi connectivity index (χ2v) is 6.63. The quantitative estimate of drug-likeness (QED) is 0.564. The van der Waals surface area contributed by atoms with Gasteiger partial charge in [-0.05, 0) is 50.7 Å². The molecule has 115 valence electrons. The van der Waals surface area contributed by atoms with Crippen LogP contribution < -0.4 is 4.74 Å². The molecular weight excluding hydrogens is 335 g/mol. The van der Waals surface area contributed by atoms with E-state index in [-0.39, 0.29) is 32.7 Å². The average Bonchev–Trinajstić information content (AvgIpc) is 2.63. The van der Waals surface area contributed by atoms with Crippen LogP contribution in [0, 0.1) is 13.8 Å². The maximum Gasteiger partial charge on any atom is 0.125 e. The van der Waals surface area contributed by atoms with Crippen LogP contribution in [0.4, 0.5) is 0 Å². The van der Waals surface area contributed by atoms with Gasteiger partial charge in [-0.3, -0.25) is 0 Å². The van der Waals surface area contributed by atoms with Crippen LogP contribution in [0.15, 0.2) is 18.2 Å². The number of para-hydroxylation sites is 1. The van der Waals surface area contributed by atoms with Crippen LogP contribution in [0.3, 0.4) is 0 Å². The molecule has 1 fully saturated rings. The van der Waals surface area contributed by atoms with E-state index >= 15 is 0 Å². The zero-order valence-electron chi connectivity index (χ0n) is 14.0. The minimum Gasteiger partial charge on any atom is -0.493 e. The van der Waals surface area contributed by atoms with E-state index in [4.69, 9.17) is 4.74 Å². The number of benzene rings is 1. The van der Waals surface area contributed by atoms with Gasteiger partial charge in [-0.25, -0.2) is 0 Å². The van der Waals surface area contributed by atoms with Crippen molar-refractivity contribution in [2.45, 2.75) is 46.0 Å². The summed E-state index contributed by atoms with van der Waals surface area (Å²) in [7, 11) is 2.42. The number of hydrogen-bond acceptors (Lipinski definition) is 1. The molecule has 1 aliphatic rings. The zero-order chi connectivity index (χ0) is 14.4. The maximum absolute atomic E-state index is 6.02. The van der Waals surface area contributed by atoms with Crippen molar-refractivity contribution in [2.75, 3.05) is 33.3 Å². The third-order valence-electron chi connectivity index (χ3n) is 4.64. The van der Waals surface area contributed by atoms with E-state index in [2.05, 4.69) is 39.1 Å². The fourth-order valence-corrected chi connectivity index (χ4v) is 3.32. The first kappa shape index (κ1) is 19.1. The zero-order valence-corrected chi connectivity index (χ0v) is 16.9. The number of quaternary nitrogens is 1. The largest absolute Gasteiger partial charge is 0.493 e. The Bertz CT molecular complexity index is 405. The van der Waals surface area contributed by atoms with Crippen molar-refractivity contribution in [1.82, 2.24) is 0 Å². The first-order valence-electron chi connectivity index (χ1n) is 8.13. The molecule has 1 heterocycles. The second-order valence-electron chi connectivity index (χ2n) is 6.63. The summed E-state index contributed by atoms with van der Waals surface area (Å²) in [5, 5.41) is 0. The van der Waals surface area contributed by atoms with Crippen molar-refractivity contribution in [3.8, 4) is 5.75 Å². The third kappa shape index (κ3) is 6.00. The molecule has 3 heteroatoms. The molecular formula is C18H30NOY+. The Morgan fingerprint density at radius 1 is 1.00 bits per heavy atom. The van der Waals surface area contributed by atoms with Gasteiger partial charge in [0.1, 0.15) is 5.75 Å². The number of nitrogens with zero attached hydrogens (tertiary/aromatic N) is 1. The van der Waals surface area contributed by atoms with Crippen molar-refractivity contribution in [3.63, 3.8) is 0 Å². The number of aryl methyl sites for hydroxylation is 2. The molecule has 0 saturated carbocycles. The van der Waals surface area contributed by atoms with Crippen molar-refractivity contribution in [1.29, 1.82) is 0 Å². The van der Waals surface area contributed by atoms with Crippen LogP contribution in [0.25, 0.3) is 0 Å². The molecule has 0 atom stereocenters. The fourth-order valence-electron chi connectivity index (χ4n) is 3.32. The van der Waals surface area contributed by atoms with Crippen LogP contribution >= 0.6 is 0 Å². The molecule has 2 nitrogen and oxygen atoms in total. The first-order valence-corrected chi connectivity index (χ1v) is 8.13. The number of likely N-dealkylation sites (tertiary alicyclic amines) is 1. The van der Waals surface area contributed by atoms with Crippen molar-refractivity contribution in [3.05, 3.63) is 29.3 Å². The molecule has 0 spiro atoms. The van der Waals surface area contributed by atoms with Gasteiger partial charge in [0.05, 0.1) is 33.3 Å².